The molecule has 0 unspecified atom stereocenters. The van der Waals surface area contributed by atoms with Crippen molar-refractivity contribution in [2.75, 3.05) is 13.1 Å². The standard InChI is InChI=1S/C17H21N3O2/c1-3-10-19-15-9-11-20(14(15)7-8-16(19)21)17(22)13-6-4-5-12(2)18-13/h3-6,14-15H,1,7-11H2,2H3/t14-,15-/m1/s1. The minimum absolute atomic E-state index is 0.0240. The molecule has 0 saturated carbocycles. The van der Waals surface area contributed by atoms with Gasteiger partial charge in [0.2, 0.25) is 5.91 Å². The van der Waals surface area contributed by atoms with Gasteiger partial charge in [-0.2, -0.15) is 0 Å². The minimum atomic E-state index is -0.0240. The van der Waals surface area contributed by atoms with E-state index in [0.717, 1.165) is 18.5 Å². The number of likely N-dealkylation sites (tertiary alicyclic amines) is 2. The predicted octanol–water partition coefficient (Wildman–Crippen LogP) is 1.78. The van der Waals surface area contributed by atoms with E-state index < -0.39 is 0 Å². The molecule has 116 valence electrons. The summed E-state index contributed by atoms with van der Waals surface area (Å²) in [4.78, 5) is 32.9. The van der Waals surface area contributed by atoms with Crippen LogP contribution >= 0.6 is 0 Å². The molecule has 5 heteroatoms. The molecule has 2 fully saturated rings. The Morgan fingerprint density at radius 1 is 1.41 bits per heavy atom. The zero-order valence-electron chi connectivity index (χ0n) is 12.9. The number of nitrogens with zero attached hydrogens (tertiary/aromatic N) is 3. The number of carbonyl (C=O) groups excluding carboxylic acids is 2. The summed E-state index contributed by atoms with van der Waals surface area (Å²) in [5.41, 5.74) is 1.33. The molecular weight excluding hydrogens is 278 g/mol. The van der Waals surface area contributed by atoms with Crippen molar-refractivity contribution in [3.63, 3.8) is 0 Å². The van der Waals surface area contributed by atoms with Gasteiger partial charge in [0.05, 0.1) is 12.1 Å². The number of pyridine rings is 1. The lowest BCUT2D eigenvalue weighted by atomic mass is 9.96. The lowest BCUT2D eigenvalue weighted by molar-refractivity contribution is -0.136. The highest BCUT2D eigenvalue weighted by atomic mass is 16.2. The van der Waals surface area contributed by atoms with Crippen molar-refractivity contribution in [3.8, 4) is 0 Å². The van der Waals surface area contributed by atoms with Crippen LogP contribution in [-0.4, -0.2) is 51.8 Å². The van der Waals surface area contributed by atoms with E-state index in [4.69, 9.17) is 0 Å². The Morgan fingerprint density at radius 3 is 2.95 bits per heavy atom. The van der Waals surface area contributed by atoms with Crippen molar-refractivity contribution in [1.82, 2.24) is 14.8 Å². The van der Waals surface area contributed by atoms with E-state index in [2.05, 4.69) is 11.6 Å². The van der Waals surface area contributed by atoms with Gasteiger partial charge in [-0.25, -0.2) is 4.98 Å². The van der Waals surface area contributed by atoms with Crippen molar-refractivity contribution in [1.29, 1.82) is 0 Å². The van der Waals surface area contributed by atoms with Crippen LogP contribution in [0, 0.1) is 6.92 Å². The second kappa shape index (κ2) is 5.91. The van der Waals surface area contributed by atoms with Gasteiger partial charge in [-0.15, -0.1) is 6.58 Å². The first-order valence-electron chi connectivity index (χ1n) is 7.77. The molecule has 2 atom stereocenters. The lowest BCUT2D eigenvalue weighted by Gasteiger charge is -2.39. The third-order valence-corrected chi connectivity index (χ3v) is 4.58. The Hall–Kier alpha value is -2.17. The monoisotopic (exact) mass is 299 g/mol. The first-order valence-corrected chi connectivity index (χ1v) is 7.77. The number of fused-ring (bicyclic) bond motifs is 1. The van der Waals surface area contributed by atoms with E-state index in [1.165, 1.54) is 0 Å². The highest BCUT2D eigenvalue weighted by Gasteiger charge is 2.44. The molecule has 3 rings (SSSR count). The van der Waals surface area contributed by atoms with Crippen molar-refractivity contribution in [2.24, 2.45) is 0 Å². The molecule has 2 aliphatic rings. The molecule has 0 aromatic carbocycles. The zero-order valence-corrected chi connectivity index (χ0v) is 12.9. The summed E-state index contributed by atoms with van der Waals surface area (Å²) < 4.78 is 0. The van der Waals surface area contributed by atoms with E-state index >= 15 is 0 Å². The van der Waals surface area contributed by atoms with Crippen molar-refractivity contribution < 1.29 is 9.59 Å². The Labute approximate surface area is 130 Å². The van der Waals surface area contributed by atoms with Gasteiger partial charge in [-0.05, 0) is 31.9 Å². The molecule has 1 aromatic rings. The van der Waals surface area contributed by atoms with Gasteiger partial charge in [0, 0.05) is 25.2 Å². The smallest absolute Gasteiger partial charge is 0.272 e. The average molecular weight is 299 g/mol. The van der Waals surface area contributed by atoms with Crippen LogP contribution in [0.25, 0.3) is 0 Å². The van der Waals surface area contributed by atoms with Gasteiger partial charge in [0.25, 0.3) is 5.91 Å². The van der Waals surface area contributed by atoms with Gasteiger partial charge in [-0.1, -0.05) is 12.1 Å². The molecule has 1 aromatic heterocycles. The SMILES string of the molecule is C=CCN1C(=O)CC[C@@H]2[C@H]1CCN2C(=O)c1cccc(C)n1. The molecule has 0 aliphatic carbocycles. The maximum absolute atomic E-state index is 12.7. The van der Waals surface area contributed by atoms with Crippen LogP contribution in [0.3, 0.4) is 0 Å². The second-order valence-electron chi connectivity index (χ2n) is 5.96. The number of hydrogen-bond donors (Lipinski definition) is 0. The Bertz CT molecular complexity index is 614. The maximum Gasteiger partial charge on any atom is 0.272 e. The van der Waals surface area contributed by atoms with Crippen LogP contribution in [-0.2, 0) is 4.79 Å². The number of hydrogen-bond acceptors (Lipinski definition) is 3. The van der Waals surface area contributed by atoms with E-state index in [-0.39, 0.29) is 23.9 Å². The number of amides is 2. The number of aryl methyl sites for hydroxylation is 1. The van der Waals surface area contributed by atoms with E-state index in [1.54, 1.807) is 12.1 Å². The molecule has 0 bridgehead atoms. The van der Waals surface area contributed by atoms with Gasteiger partial charge in [0.15, 0.2) is 0 Å². The first-order chi connectivity index (χ1) is 10.6. The summed E-state index contributed by atoms with van der Waals surface area (Å²) in [6, 6.07) is 5.73. The van der Waals surface area contributed by atoms with Gasteiger partial charge in [-0.3, -0.25) is 9.59 Å². The predicted molar refractivity (Wildman–Crippen MR) is 83.3 cm³/mol. The van der Waals surface area contributed by atoms with Crippen LogP contribution in [0.4, 0.5) is 0 Å². The van der Waals surface area contributed by atoms with Gasteiger partial charge in [0.1, 0.15) is 5.69 Å². The number of piperidine rings is 1. The molecule has 0 spiro atoms. The van der Waals surface area contributed by atoms with Crippen LogP contribution in [0.15, 0.2) is 30.9 Å². The fourth-order valence-electron chi connectivity index (χ4n) is 3.59. The van der Waals surface area contributed by atoms with Crippen molar-refractivity contribution in [3.05, 3.63) is 42.2 Å². The first kappa shape index (κ1) is 14.8. The van der Waals surface area contributed by atoms with Crippen LogP contribution < -0.4 is 0 Å². The Kier molecular flexibility index (Phi) is 3.96. The number of carbonyl (C=O) groups is 2. The fraction of sp³-hybridized carbons (Fsp3) is 0.471. The summed E-state index contributed by atoms with van der Waals surface area (Å²) in [5, 5.41) is 0. The van der Waals surface area contributed by atoms with E-state index in [1.807, 2.05) is 28.9 Å². The van der Waals surface area contributed by atoms with Gasteiger partial charge >= 0.3 is 0 Å². The molecule has 0 radical (unpaired) electrons. The lowest BCUT2D eigenvalue weighted by Crippen LogP contribution is -2.53. The molecule has 2 aliphatic heterocycles. The van der Waals surface area contributed by atoms with Crippen LogP contribution in [0.5, 0.6) is 0 Å². The average Bonchev–Trinajstić information content (AvgIpc) is 2.93. The quantitative estimate of drug-likeness (QED) is 0.800. The summed E-state index contributed by atoms with van der Waals surface area (Å²) in [6.45, 7) is 6.86. The molecule has 2 amide bonds. The number of rotatable bonds is 3. The summed E-state index contributed by atoms with van der Waals surface area (Å²) in [5.74, 6) is 0.147. The highest BCUT2D eigenvalue weighted by Crippen LogP contribution is 2.32. The van der Waals surface area contributed by atoms with Crippen molar-refractivity contribution in [2.45, 2.75) is 38.3 Å². The fourth-order valence-corrected chi connectivity index (χ4v) is 3.59. The topological polar surface area (TPSA) is 53.5 Å². The molecule has 0 N–H and O–H groups in total. The molecular formula is C17H21N3O2. The molecule has 3 heterocycles. The van der Waals surface area contributed by atoms with E-state index in [0.29, 0.717) is 25.2 Å². The molecule has 22 heavy (non-hydrogen) atoms. The largest absolute Gasteiger partial charge is 0.334 e. The van der Waals surface area contributed by atoms with Gasteiger partial charge < -0.3 is 9.80 Å². The van der Waals surface area contributed by atoms with Crippen LogP contribution in [0.2, 0.25) is 0 Å². The van der Waals surface area contributed by atoms with Crippen molar-refractivity contribution >= 4 is 11.8 Å². The zero-order chi connectivity index (χ0) is 15.7. The molecule has 5 nitrogen and oxygen atoms in total. The summed E-state index contributed by atoms with van der Waals surface area (Å²) in [7, 11) is 0. The number of aromatic nitrogens is 1. The maximum atomic E-state index is 12.7. The Balaban J connectivity index is 1.81. The summed E-state index contributed by atoms with van der Waals surface area (Å²) in [6.07, 6.45) is 3.84. The van der Waals surface area contributed by atoms with Crippen LogP contribution in [0.1, 0.15) is 35.4 Å². The summed E-state index contributed by atoms with van der Waals surface area (Å²) >= 11 is 0. The van der Waals surface area contributed by atoms with E-state index in [9.17, 15) is 9.59 Å². The third-order valence-electron chi connectivity index (χ3n) is 4.58. The third kappa shape index (κ3) is 2.51. The Morgan fingerprint density at radius 2 is 2.23 bits per heavy atom. The second-order valence-corrected chi connectivity index (χ2v) is 5.96. The normalized spacial score (nSPS) is 24.3. The molecule has 2 saturated heterocycles. The highest BCUT2D eigenvalue weighted by molar-refractivity contribution is 5.93. The minimum Gasteiger partial charge on any atom is -0.334 e.